The smallest absolute Gasteiger partial charge is 0.319 e. The van der Waals surface area contributed by atoms with Gasteiger partial charge in [0.25, 0.3) is 0 Å². The molecule has 0 aliphatic rings. The minimum Gasteiger partial charge on any atom is -0.486 e. The molecule has 0 saturated heterocycles. The summed E-state index contributed by atoms with van der Waals surface area (Å²) in [4.78, 5) is 16.4. The zero-order valence-corrected chi connectivity index (χ0v) is 17.0. The van der Waals surface area contributed by atoms with Gasteiger partial charge in [-0.2, -0.15) is 0 Å². The van der Waals surface area contributed by atoms with E-state index >= 15 is 0 Å². The lowest BCUT2D eigenvalue weighted by Gasteiger charge is -2.15. The van der Waals surface area contributed by atoms with Crippen molar-refractivity contribution in [2.45, 2.75) is 32.4 Å². The Kier molecular flexibility index (Phi) is 7.47. The molecule has 6 heteroatoms. The van der Waals surface area contributed by atoms with Gasteiger partial charge in [0.15, 0.2) is 0 Å². The molecule has 0 saturated carbocycles. The minimum absolute atomic E-state index is 0.0478. The molecule has 0 aliphatic carbocycles. The number of carbonyl (C=O) groups excluding carboxylic acids is 1. The van der Waals surface area contributed by atoms with E-state index in [0.29, 0.717) is 23.1 Å². The van der Waals surface area contributed by atoms with Crippen LogP contribution in [0.5, 0.6) is 5.75 Å². The number of aryl methyl sites for hydroxylation is 1. The Hall–Kier alpha value is -3.05. The number of nitrogens with one attached hydrogen (secondary N) is 2. The van der Waals surface area contributed by atoms with Gasteiger partial charge in [0.2, 0.25) is 0 Å². The number of nitrogens with zero attached hydrogens (tertiary/aromatic N) is 1. The van der Waals surface area contributed by atoms with Crippen LogP contribution in [0.4, 0.5) is 10.5 Å². The molecule has 1 unspecified atom stereocenters. The Bertz CT molecular complexity index is 920. The van der Waals surface area contributed by atoms with Crippen LogP contribution in [0.2, 0.25) is 5.02 Å². The maximum absolute atomic E-state index is 12.2. The van der Waals surface area contributed by atoms with E-state index in [-0.39, 0.29) is 12.1 Å². The molecular weight excluding hydrogens is 386 g/mol. The van der Waals surface area contributed by atoms with Crippen molar-refractivity contribution in [2.75, 3.05) is 5.32 Å². The lowest BCUT2D eigenvalue weighted by Crippen LogP contribution is -2.36. The summed E-state index contributed by atoms with van der Waals surface area (Å²) in [7, 11) is 0. The predicted octanol–water partition coefficient (Wildman–Crippen LogP) is 5.46. The van der Waals surface area contributed by atoms with Gasteiger partial charge in [-0.05, 0) is 55.7 Å². The fourth-order valence-corrected chi connectivity index (χ4v) is 3.06. The topological polar surface area (TPSA) is 63.2 Å². The van der Waals surface area contributed by atoms with Gasteiger partial charge in [0.05, 0.1) is 10.7 Å². The summed E-state index contributed by atoms with van der Waals surface area (Å²) in [6.45, 7) is 2.32. The highest BCUT2D eigenvalue weighted by Crippen LogP contribution is 2.28. The van der Waals surface area contributed by atoms with E-state index in [1.54, 1.807) is 24.4 Å². The maximum Gasteiger partial charge on any atom is 0.319 e. The third kappa shape index (κ3) is 6.80. The Labute approximate surface area is 176 Å². The van der Waals surface area contributed by atoms with Gasteiger partial charge < -0.3 is 15.4 Å². The number of amides is 2. The van der Waals surface area contributed by atoms with Gasteiger partial charge in [0, 0.05) is 17.9 Å². The molecule has 0 spiro atoms. The zero-order valence-electron chi connectivity index (χ0n) is 16.3. The van der Waals surface area contributed by atoms with E-state index in [2.05, 4.69) is 27.8 Å². The first-order valence-electron chi connectivity index (χ1n) is 9.54. The number of halogens is 1. The average molecular weight is 410 g/mol. The molecular formula is C23H24ClN3O2. The second kappa shape index (κ2) is 10.5. The number of aromatic nitrogens is 1. The molecule has 2 N–H and O–H groups in total. The van der Waals surface area contributed by atoms with Crippen molar-refractivity contribution in [2.24, 2.45) is 0 Å². The highest BCUT2D eigenvalue weighted by atomic mass is 35.5. The number of urea groups is 1. The molecule has 150 valence electrons. The van der Waals surface area contributed by atoms with Crippen LogP contribution in [-0.2, 0) is 13.0 Å². The van der Waals surface area contributed by atoms with E-state index in [1.165, 1.54) is 5.56 Å². The van der Waals surface area contributed by atoms with E-state index in [4.69, 9.17) is 16.3 Å². The molecule has 5 nitrogen and oxygen atoms in total. The number of carbonyl (C=O) groups is 1. The van der Waals surface area contributed by atoms with Crippen LogP contribution >= 0.6 is 11.6 Å². The highest BCUT2D eigenvalue weighted by molar-refractivity contribution is 6.32. The van der Waals surface area contributed by atoms with Gasteiger partial charge in [-0.3, -0.25) is 4.98 Å². The first kappa shape index (κ1) is 20.7. The van der Waals surface area contributed by atoms with Crippen molar-refractivity contribution < 1.29 is 9.53 Å². The molecule has 3 rings (SSSR count). The van der Waals surface area contributed by atoms with E-state index in [0.717, 1.165) is 18.5 Å². The van der Waals surface area contributed by atoms with Gasteiger partial charge in [-0.25, -0.2) is 4.79 Å². The van der Waals surface area contributed by atoms with Crippen LogP contribution in [0.25, 0.3) is 0 Å². The van der Waals surface area contributed by atoms with Crippen LogP contribution in [0.3, 0.4) is 0 Å². The van der Waals surface area contributed by atoms with E-state index < -0.39 is 0 Å². The number of pyridine rings is 1. The number of benzene rings is 2. The van der Waals surface area contributed by atoms with Crippen LogP contribution in [0.1, 0.15) is 24.6 Å². The fraction of sp³-hybridized carbons (Fsp3) is 0.217. The van der Waals surface area contributed by atoms with Crippen molar-refractivity contribution in [1.29, 1.82) is 0 Å². The predicted molar refractivity (Wildman–Crippen MR) is 116 cm³/mol. The number of anilines is 1. The quantitative estimate of drug-likeness (QED) is 0.519. The lowest BCUT2D eigenvalue weighted by molar-refractivity contribution is 0.248. The third-order valence-corrected chi connectivity index (χ3v) is 4.67. The molecule has 1 atom stereocenters. The molecule has 29 heavy (non-hydrogen) atoms. The highest BCUT2D eigenvalue weighted by Gasteiger charge is 2.10. The second-order valence-corrected chi connectivity index (χ2v) is 7.19. The van der Waals surface area contributed by atoms with Gasteiger partial charge in [-0.1, -0.05) is 48.0 Å². The molecule has 2 amide bonds. The van der Waals surface area contributed by atoms with Crippen molar-refractivity contribution in [3.63, 3.8) is 0 Å². The summed E-state index contributed by atoms with van der Waals surface area (Å²) >= 11 is 6.29. The summed E-state index contributed by atoms with van der Waals surface area (Å²) in [6.07, 6.45) is 3.49. The van der Waals surface area contributed by atoms with Crippen molar-refractivity contribution in [1.82, 2.24) is 10.3 Å². The van der Waals surface area contributed by atoms with Crippen LogP contribution in [0, 0.1) is 0 Å². The Morgan fingerprint density at radius 2 is 1.90 bits per heavy atom. The number of hydrogen-bond donors (Lipinski definition) is 2. The van der Waals surface area contributed by atoms with Crippen LogP contribution in [0.15, 0.2) is 72.9 Å². The van der Waals surface area contributed by atoms with Crippen molar-refractivity contribution in [3.05, 3.63) is 89.2 Å². The Morgan fingerprint density at radius 1 is 1.10 bits per heavy atom. The summed E-state index contributed by atoms with van der Waals surface area (Å²) in [5.41, 5.74) is 2.68. The van der Waals surface area contributed by atoms with Crippen LogP contribution in [-0.4, -0.2) is 17.1 Å². The second-order valence-electron chi connectivity index (χ2n) is 6.78. The Morgan fingerprint density at radius 3 is 2.62 bits per heavy atom. The molecule has 0 aliphatic heterocycles. The summed E-state index contributed by atoms with van der Waals surface area (Å²) in [6, 6.07) is 20.8. The van der Waals surface area contributed by atoms with Crippen molar-refractivity contribution in [3.8, 4) is 5.75 Å². The molecule has 1 heterocycles. The molecule has 2 aromatic carbocycles. The standard InChI is InChI=1S/C23H24ClN3O2/c1-17(10-11-18-7-3-2-4-8-18)26-23(28)27-19-12-13-22(21(24)15-19)29-16-20-9-5-6-14-25-20/h2-9,12-15,17H,10-11,16H2,1H3,(H2,26,27,28). The van der Waals surface area contributed by atoms with Crippen LogP contribution < -0.4 is 15.4 Å². The van der Waals surface area contributed by atoms with Gasteiger partial charge >= 0.3 is 6.03 Å². The first-order chi connectivity index (χ1) is 14.1. The molecule has 1 aromatic heterocycles. The minimum atomic E-state index is -0.260. The summed E-state index contributed by atoms with van der Waals surface area (Å²) in [5.74, 6) is 0.541. The van der Waals surface area contributed by atoms with E-state index in [1.807, 2.05) is 43.3 Å². The monoisotopic (exact) mass is 409 g/mol. The zero-order chi connectivity index (χ0) is 20.5. The number of hydrogen-bond acceptors (Lipinski definition) is 3. The first-order valence-corrected chi connectivity index (χ1v) is 9.91. The molecule has 0 fully saturated rings. The molecule has 0 radical (unpaired) electrons. The summed E-state index contributed by atoms with van der Waals surface area (Å²) < 4.78 is 5.70. The van der Waals surface area contributed by atoms with Gasteiger partial charge in [0.1, 0.15) is 12.4 Å². The molecule has 3 aromatic rings. The maximum atomic E-state index is 12.2. The largest absolute Gasteiger partial charge is 0.486 e. The normalized spacial score (nSPS) is 11.5. The molecule has 0 bridgehead atoms. The summed E-state index contributed by atoms with van der Waals surface area (Å²) in [5, 5.41) is 6.18. The lowest BCUT2D eigenvalue weighted by atomic mass is 10.1. The Balaban J connectivity index is 1.46. The van der Waals surface area contributed by atoms with Crippen molar-refractivity contribution >= 4 is 23.3 Å². The van der Waals surface area contributed by atoms with E-state index in [9.17, 15) is 4.79 Å². The SMILES string of the molecule is CC(CCc1ccccc1)NC(=O)Nc1ccc(OCc2ccccn2)c(Cl)c1. The van der Waals surface area contributed by atoms with Gasteiger partial charge in [-0.15, -0.1) is 0 Å². The average Bonchev–Trinajstić information content (AvgIpc) is 2.73. The fourth-order valence-electron chi connectivity index (χ4n) is 2.82. The third-order valence-electron chi connectivity index (χ3n) is 4.38. The number of ether oxygens (including phenoxy) is 1. The number of rotatable bonds is 8.